The van der Waals surface area contributed by atoms with Crippen LogP contribution in [0.25, 0.3) is 0 Å². The minimum Gasteiger partial charge on any atom is -0.354 e. The maximum absolute atomic E-state index is 12.0. The predicted molar refractivity (Wildman–Crippen MR) is 78.3 cm³/mol. The summed E-state index contributed by atoms with van der Waals surface area (Å²) in [4.78, 5) is 33.8. The van der Waals surface area contributed by atoms with Crippen LogP contribution < -0.4 is 10.6 Å². The summed E-state index contributed by atoms with van der Waals surface area (Å²) in [5.41, 5.74) is -0.395. The van der Waals surface area contributed by atoms with Crippen molar-refractivity contribution >= 4 is 29.1 Å². The first kappa shape index (κ1) is 16.9. The summed E-state index contributed by atoms with van der Waals surface area (Å²) < 4.78 is 0. The quantitative estimate of drug-likeness (QED) is 0.618. The number of nitrogens with one attached hydrogen (secondary N) is 2. The van der Waals surface area contributed by atoms with Gasteiger partial charge in [0, 0.05) is 12.6 Å². The van der Waals surface area contributed by atoms with Gasteiger partial charge in [-0.3, -0.25) is 19.7 Å². The van der Waals surface area contributed by atoms with Crippen LogP contribution in [0.4, 0.5) is 5.69 Å². The van der Waals surface area contributed by atoms with E-state index >= 15 is 0 Å². The summed E-state index contributed by atoms with van der Waals surface area (Å²) in [6, 6.07) is 3.16. The number of halogens is 1. The van der Waals surface area contributed by atoms with E-state index in [-0.39, 0.29) is 22.2 Å². The topological polar surface area (TPSA) is 101 Å². The third-order valence-electron chi connectivity index (χ3n) is 2.71. The molecule has 0 saturated heterocycles. The Labute approximate surface area is 126 Å². The van der Waals surface area contributed by atoms with Gasteiger partial charge in [0.05, 0.1) is 10.5 Å². The SMILES string of the molecule is CCCNC(=O)C(C)NC(=O)c1cccc([N+](=O)[O-])c1Cl. The molecule has 2 N–H and O–H groups in total. The molecule has 0 aliphatic heterocycles. The van der Waals surface area contributed by atoms with E-state index < -0.39 is 16.9 Å². The number of benzene rings is 1. The van der Waals surface area contributed by atoms with Gasteiger partial charge in [-0.1, -0.05) is 24.6 Å². The Morgan fingerprint density at radius 1 is 1.43 bits per heavy atom. The number of nitro benzene ring substituents is 1. The lowest BCUT2D eigenvalue weighted by Gasteiger charge is -2.14. The molecule has 114 valence electrons. The number of amides is 2. The first-order valence-electron chi connectivity index (χ1n) is 6.40. The average Bonchev–Trinajstić information content (AvgIpc) is 2.44. The highest BCUT2D eigenvalue weighted by molar-refractivity contribution is 6.35. The predicted octanol–water partition coefficient (Wildman–Crippen LogP) is 1.89. The number of hydrogen-bond acceptors (Lipinski definition) is 4. The zero-order valence-corrected chi connectivity index (χ0v) is 12.4. The van der Waals surface area contributed by atoms with Crippen LogP contribution in [-0.2, 0) is 4.79 Å². The molecule has 0 fully saturated rings. The minimum absolute atomic E-state index is 0.0407. The van der Waals surface area contributed by atoms with Gasteiger partial charge in [0.15, 0.2) is 0 Å². The number of hydrogen-bond donors (Lipinski definition) is 2. The van der Waals surface area contributed by atoms with E-state index in [1.165, 1.54) is 25.1 Å². The Hall–Kier alpha value is -2.15. The highest BCUT2D eigenvalue weighted by atomic mass is 35.5. The second kappa shape index (κ2) is 7.58. The van der Waals surface area contributed by atoms with Gasteiger partial charge in [0.25, 0.3) is 11.6 Å². The highest BCUT2D eigenvalue weighted by Gasteiger charge is 2.22. The van der Waals surface area contributed by atoms with Crippen molar-refractivity contribution in [1.29, 1.82) is 0 Å². The van der Waals surface area contributed by atoms with Crippen molar-refractivity contribution < 1.29 is 14.5 Å². The Kier molecular flexibility index (Phi) is 6.10. The highest BCUT2D eigenvalue weighted by Crippen LogP contribution is 2.27. The van der Waals surface area contributed by atoms with Crippen molar-refractivity contribution in [2.75, 3.05) is 6.54 Å². The van der Waals surface area contributed by atoms with Crippen LogP contribution in [0, 0.1) is 10.1 Å². The van der Waals surface area contributed by atoms with Crippen LogP contribution in [0.5, 0.6) is 0 Å². The summed E-state index contributed by atoms with van der Waals surface area (Å²) >= 11 is 5.84. The van der Waals surface area contributed by atoms with E-state index in [0.717, 1.165) is 6.42 Å². The lowest BCUT2D eigenvalue weighted by Crippen LogP contribution is -2.45. The molecule has 21 heavy (non-hydrogen) atoms. The second-order valence-electron chi connectivity index (χ2n) is 4.38. The van der Waals surface area contributed by atoms with Crippen molar-refractivity contribution in [3.63, 3.8) is 0 Å². The molecule has 1 rings (SSSR count). The van der Waals surface area contributed by atoms with E-state index in [1.807, 2.05) is 6.92 Å². The molecule has 1 atom stereocenters. The molecule has 8 heteroatoms. The molecule has 0 spiro atoms. The molecule has 0 radical (unpaired) electrons. The van der Waals surface area contributed by atoms with Gasteiger partial charge in [-0.2, -0.15) is 0 Å². The summed E-state index contributed by atoms with van der Waals surface area (Å²) in [6.07, 6.45) is 0.781. The average molecular weight is 314 g/mol. The number of rotatable bonds is 6. The van der Waals surface area contributed by atoms with Gasteiger partial charge in [-0.15, -0.1) is 0 Å². The lowest BCUT2D eigenvalue weighted by atomic mass is 10.1. The van der Waals surface area contributed by atoms with Crippen molar-refractivity contribution in [2.45, 2.75) is 26.3 Å². The maximum atomic E-state index is 12.0. The second-order valence-corrected chi connectivity index (χ2v) is 4.76. The Bertz CT molecular complexity index is 562. The van der Waals surface area contributed by atoms with E-state index in [0.29, 0.717) is 6.54 Å². The summed E-state index contributed by atoms with van der Waals surface area (Å²) in [5, 5.41) is 15.6. The standard InChI is InChI=1S/C13H16ClN3O4/c1-3-7-15-12(18)8(2)16-13(19)9-5-4-6-10(11(9)14)17(20)21/h4-6,8H,3,7H2,1-2H3,(H,15,18)(H,16,19). The van der Waals surface area contributed by atoms with Gasteiger partial charge >= 0.3 is 0 Å². The molecule has 0 aromatic heterocycles. The summed E-state index contributed by atoms with van der Waals surface area (Å²) in [7, 11) is 0. The Morgan fingerprint density at radius 3 is 2.67 bits per heavy atom. The molecule has 0 aliphatic rings. The lowest BCUT2D eigenvalue weighted by molar-refractivity contribution is -0.384. The van der Waals surface area contributed by atoms with Gasteiger partial charge in [0.1, 0.15) is 11.1 Å². The van der Waals surface area contributed by atoms with Crippen LogP contribution in [0.3, 0.4) is 0 Å². The van der Waals surface area contributed by atoms with Gasteiger partial charge in [0.2, 0.25) is 5.91 Å². The van der Waals surface area contributed by atoms with Crippen molar-refractivity contribution in [3.8, 4) is 0 Å². The third-order valence-corrected chi connectivity index (χ3v) is 3.11. The van der Waals surface area contributed by atoms with E-state index in [9.17, 15) is 19.7 Å². The molecule has 0 saturated carbocycles. The van der Waals surface area contributed by atoms with E-state index in [4.69, 9.17) is 11.6 Å². The fourth-order valence-electron chi connectivity index (χ4n) is 1.58. The monoisotopic (exact) mass is 313 g/mol. The fourth-order valence-corrected chi connectivity index (χ4v) is 1.86. The molecular weight excluding hydrogens is 298 g/mol. The van der Waals surface area contributed by atoms with Gasteiger partial charge in [-0.05, 0) is 19.4 Å². The van der Waals surface area contributed by atoms with Crippen LogP contribution in [-0.4, -0.2) is 29.3 Å². The van der Waals surface area contributed by atoms with Crippen LogP contribution >= 0.6 is 11.6 Å². The summed E-state index contributed by atoms with van der Waals surface area (Å²) in [5.74, 6) is -0.963. The maximum Gasteiger partial charge on any atom is 0.288 e. The first-order valence-corrected chi connectivity index (χ1v) is 6.77. The zero-order chi connectivity index (χ0) is 16.0. The molecule has 7 nitrogen and oxygen atoms in total. The Morgan fingerprint density at radius 2 is 2.10 bits per heavy atom. The van der Waals surface area contributed by atoms with E-state index in [1.54, 1.807) is 0 Å². The zero-order valence-electron chi connectivity index (χ0n) is 11.7. The molecular formula is C13H16ClN3O4. The molecule has 1 unspecified atom stereocenters. The fraction of sp³-hybridized carbons (Fsp3) is 0.385. The van der Waals surface area contributed by atoms with Crippen molar-refractivity contribution in [2.24, 2.45) is 0 Å². The molecule has 2 amide bonds. The normalized spacial score (nSPS) is 11.6. The molecule has 0 bridgehead atoms. The minimum atomic E-state index is -0.764. The molecule has 0 heterocycles. The van der Waals surface area contributed by atoms with Crippen LogP contribution in [0.15, 0.2) is 18.2 Å². The number of carbonyl (C=O) groups excluding carboxylic acids is 2. The van der Waals surface area contributed by atoms with Gasteiger partial charge < -0.3 is 10.6 Å². The van der Waals surface area contributed by atoms with Crippen LogP contribution in [0.1, 0.15) is 30.6 Å². The van der Waals surface area contributed by atoms with Crippen molar-refractivity contribution in [3.05, 3.63) is 38.9 Å². The number of nitrogens with zero attached hydrogens (tertiary/aromatic N) is 1. The first-order chi connectivity index (χ1) is 9.88. The van der Waals surface area contributed by atoms with Crippen LogP contribution in [0.2, 0.25) is 5.02 Å². The van der Waals surface area contributed by atoms with Gasteiger partial charge in [-0.25, -0.2) is 0 Å². The summed E-state index contributed by atoms with van der Waals surface area (Å²) in [6.45, 7) is 3.94. The third kappa shape index (κ3) is 4.42. The molecule has 1 aromatic carbocycles. The smallest absolute Gasteiger partial charge is 0.288 e. The number of carbonyl (C=O) groups is 2. The Balaban J connectivity index is 2.83. The van der Waals surface area contributed by atoms with E-state index in [2.05, 4.69) is 10.6 Å². The largest absolute Gasteiger partial charge is 0.354 e. The number of nitro groups is 1. The van der Waals surface area contributed by atoms with Crippen molar-refractivity contribution in [1.82, 2.24) is 10.6 Å². The molecule has 0 aliphatic carbocycles. The molecule has 1 aromatic rings.